The molecule has 1 aromatic heterocycles. The molecule has 0 saturated carbocycles. The second kappa shape index (κ2) is 6.94. The summed E-state index contributed by atoms with van der Waals surface area (Å²) >= 11 is 0. The molecule has 8 nitrogen and oxygen atoms in total. The number of piperidine rings is 1. The van der Waals surface area contributed by atoms with E-state index in [1.807, 2.05) is 0 Å². The van der Waals surface area contributed by atoms with Crippen LogP contribution in [0.2, 0.25) is 0 Å². The molecule has 0 aromatic carbocycles. The number of hydrogen-bond donors (Lipinski definition) is 1. The maximum Gasteiger partial charge on any atom is 0.371 e. The highest BCUT2D eigenvalue weighted by Crippen LogP contribution is 2.36. The molecule has 9 heteroatoms. The van der Waals surface area contributed by atoms with Crippen molar-refractivity contribution in [2.45, 2.75) is 51.2 Å². The predicted octanol–water partition coefficient (Wildman–Crippen LogP) is 2.03. The van der Waals surface area contributed by atoms with Gasteiger partial charge in [0.1, 0.15) is 6.04 Å². The van der Waals surface area contributed by atoms with Crippen molar-refractivity contribution >= 4 is 21.9 Å². The zero-order valence-electron chi connectivity index (χ0n) is 15.8. The van der Waals surface area contributed by atoms with E-state index in [4.69, 9.17) is 9.52 Å². The van der Waals surface area contributed by atoms with Crippen LogP contribution in [-0.2, 0) is 14.8 Å². The second-order valence-corrected chi connectivity index (χ2v) is 9.96. The molecule has 0 radical (unpaired) electrons. The molecule has 0 aliphatic carbocycles. The van der Waals surface area contributed by atoms with Gasteiger partial charge in [-0.3, -0.25) is 4.79 Å². The van der Waals surface area contributed by atoms with Gasteiger partial charge in [-0.05, 0) is 42.7 Å². The maximum atomic E-state index is 13.1. The molecule has 1 aromatic rings. The number of hydrogen-bond acceptors (Lipinski definition) is 5. The fourth-order valence-corrected chi connectivity index (χ4v) is 5.40. The zero-order valence-corrected chi connectivity index (χ0v) is 16.7. The topological polar surface area (TPSA) is 108 Å². The van der Waals surface area contributed by atoms with Gasteiger partial charge in [-0.1, -0.05) is 20.8 Å². The van der Waals surface area contributed by atoms with Crippen LogP contribution in [0.1, 0.15) is 50.6 Å². The number of furan rings is 1. The Hall–Kier alpha value is -1.87. The minimum atomic E-state index is -4.07. The third-order valence-electron chi connectivity index (χ3n) is 5.92. The van der Waals surface area contributed by atoms with E-state index in [9.17, 15) is 18.0 Å². The number of rotatable bonds is 4. The molecule has 3 heterocycles. The Balaban J connectivity index is 1.82. The van der Waals surface area contributed by atoms with E-state index in [0.717, 1.165) is 22.9 Å². The Morgan fingerprint density at radius 2 is 1.93 bits per heavy atom. The van der Waals surface area contributed by atoms with Gasteiger partial charge in [0, 0.05) is 19.6 Å². The second-order valence-electron chi connectivity index (χ2n) is 8.14. The molecule has 150 valence electrons. The Kier molecular flexibility index (Phi) is 5.11. The van der Waals surface area contributed by atoms with Crippen molar-refractivity contribution in [2.24, 2.45) is 11.3 Å². The van der Waals surface area contributed by atoms with Crippen LogP contribution >= 0.6 is 0 Å². The van der Waals surface area contributed by atoms with Gasteiger partial charge in [0.2, 0.25) is 16.8 Å². The minimum absolute atomic E-state index is 0.0202. The largest absolute Gasteiger partial charge is 0.475 e. The Morgan fingerprint density at radius 3 is 2.52 bits per heavy atom. The highest BCUT2D eigenvalue weighted by molar-refractivity contribution is 7.89. The number of likely N-dealkylation sites (tertiary alicyclic amines) is 1. The highest BCUT2D eigenvalue weighted by Gasteiger charge is 2.44. The molecule has 2 aliphatic rings. The predicted molar refractivity (Wildman–Crippen MR) is 96.7 cm³/mol. The molecule has 3 rings (SSSR count). The van der Waals surface area contributed by atoms with E-state index in [1.54, 1.807) is 4.90 Å². The van der Waals surface area contributed by atoms with Crippen molar-refractivity contribution < 1.29 is 27.5 Å². The van der Waals surface area contributed by atoms with Crippen LogP contribution in [0, 0.1) is 11.3 Å². The minimum Gasteiger partial charge on any atom is -0.475 e. The molecule has 2 atom stereocenters. The van der Waals surface area contributed by atoms with E-state index in [2.05, 4.69) is 20.8 Å². The molecule has 2 saturated heterocycles. The lowest BCUT2D eigenvalue weighted by Crippen LogP contribution is -2.53. The third kappa shape index (κ3) is 3.62. The number of carbonyl (C=O) groups excluding carboxylic acids is 1. The van der Waals surface area contributed by atoms with E-state index < -0.39 is 32.9 Å². The molecule has 27 heavy (non-hydrogen) atoms. The first-order chi connectivity index (χ1) is 12.5. The van der Waals surface area contributed by atoms with E-state index >= 15 is 0 Å². The number of aromatic carboxylic acids is 1. The number of nitrogens with zero attached hydrogens (tertiary/aromatic N) is 2. The number of carboxylic acids is 1. The lowest BCUT2D eigenvalue weighted by atomic mass is 9.75. The van der Waals surface area contributed by atoms with Gasteiger partial charge in [0.15, 0.2) is 0 Å². The SMILES string of the molecule is CC1CCN(C(=O)C2CCCN2S(=O)(=O)c2ccc(C(=O)O)o2)CC1(C)C. The van der Waals surface area contributed by atoms with Gasteiger partial charge >= 0.3 is 5.97 Å². The Bertz CT molecular complexity index is 844. The number of carbonyl (C=O) groups is 2. The normalized spacial score (nSPS) is 26.3. The van der Waals surface area contributed by atoms with Crippen LogP contribution in [0.25, 0.3) is 0 Å². The summed E-state index contributed by atoms with van der Waals surface area (Å²) in [6, 6.07) is 1.47. The first-order valence-corrected chi connectivity index (χ1v) is 10.6. The van der Waals surface area contributed by atoms with Gasteiger partial charge < -0.3 is 14.4 Å². The fourth-order valence-electron chi connectivity index (χ4n) is 3.83. The summed E-state index contributed by atoms with van der Waals surface area (Å²) in [4.78, 5) is 25.8. The van der Waals surface area contributed by atoms with Crippen molar-refractivity contribution in [1.29, 1.82) is 0 Å². The first-order valence-electron chi connectivity index (χ1n) is 9.18. The van der Waals surface area contributed by atoms with Crippen LogP contribution < -0.4 is 0 Å². The van der Waals surface area contributed by atoms with Crippen molar-refractivity contribution in [3.63, 3.8) is 0 Å². The molecule has 0 bridgehead atoms. The van der Waals surface area contributed by atoms with Gasteiger partial charge in [-0.2, -0.15) is 4.31 Å². The molecule has 0 spiro atoms. The Labute approximate surface area is 159 Å². The molecule has 2 fully saturated rings. The van der Waals surface area contributed by atoms with E-state index in [0.29, 0.717) is 31.8 Å². The number of sulfonamides is 1. The van der Waals surface area contributed by atoms with Crippen molar-refractivity contribution in [3.8, 4) is 0 Å². The van der Waals surface area contributed by atoms with Gasteiger partial charge in [0.05, 0.1) is 0 Å². The van der Waals surface area contributed by atoms with Crippen LogP contribution in [-0.4, -0.2) is 60.3 Å². The summed E-state index contributed by atoms with van der Waals surface area (Å²) in [5.74, 6) is -1.47. The fraction of sp³-hybridized carbons (Fsp3) is 0.667. The molecule has 2 aliphatic heterocycles. The van der Waals surface area contributed by atoms with E-state index in [-0.39, 0.29) is 17.9 Å². The van der Waals surface area contributed by atoms with Crippen molar-refractivity contribution in [1.82, 2.24) is 9.21 Å². The standard InChI is InChI=1S/C18H26N2O6S/c1-12-8-10-19(11-18(12,2)3)16(21)13-5-4-9-20(13)27(24,25)15-7-6-14(26-15)17(22)23/h6-7,12-13H,4-5,8-11H2,1-3H3,(H,22,23). The molecular formula is C18H26N2O6S. The van der Waals surface area contributed by atoms with Crippen LogP contribution in [0.15, 0.2) is 21.6 Å². The zero-order chi connectivity index (χ0) is 20.0. The van der Waals surface area contributed by atoms with Crippen LogP contribution in [0.3, 0.4) is 0 Å². The number of amides is 1. The summed E-state index contributed by atoms with van der Waals surface area (Å²) in [6.07, 6.45) is 1.92. The molecular weight excluding hydrogens is 372 g/mol. The van der Waals surface area contributed by atoms with Gasteiger partial charge in [-0.15, -0.1) is 0 Å². The van der Waals surface area contributed by atoms with Crippen LogP contribution in [0.4, 0.5) is 0 Å². The summed E-state index contributed by atoms with van der Waals surface area (Å²) in [7, 11) is -4.07. The number of carboxylic acid groups (broad SMARTS) is 1. The monoisotopic (exact) mass is 398 g/mol. The van der Waals surface area contributed by atoms with E-state index in [1.165, 1.54) is 0 Å². The Morgan fingerprint density at radius 1 is 1.22 bits per heavy atom. The summed E-state index contributed by atoms with van der Waals surface area (Å²) in [6.45, 7) is 7.85. The lowest BCUT2D eigenvalue weighted by molar-refractivity contribution is -0.139. The van der Waals surface area contributed by atoms with Gasteiger partial charge in [0.25, 0.3) is 10.0 Å². The molecule has 1 N–H and O–H groups in total. The maximum absolute atomic E-state index is 13.1. The third-order valence-corrected chi connectivity index (χ3v) is 7.70. The lowest BCUT2D eigenvalue weighted by Gasteiger charge is -2.44. The smallest absolute Gasteiger partial charge is 0.371 e. The highest BCUT2D eigenvalue weighted by atomic mass is 32.2. The van der Waals surface area contributed by atoms with Crippen molar-refractivity contribution in [3.05, 3.63) is 17.9 Å². The quantitative estimate of drug-likeness (QED) is 0.831. The summed E-state index contributed by atoms with van der Waals surface area (Å²) < 4.78 is 32.0. The average molecular weight is 398 g/mol. The van der Waals surface area contributed by atoms with Crippen molar-refractivity contribution in [2.75, 3.05) is 19.6 Å². The summed E-state index contributed by atoms with van der Waals surface area (Å²) in [5.41, 5.74) is -0.0202. The average Bonchev–Trinajstić information content (AvgIpc) is 3.26. The summed E-state index contributed by atoms with van der Waals surface area (Å²) in [5, 5.41) is 8.51. The molecule has 2 unspecified atom stereocenters. The van der Waals surface area contributed by atoms with Gasteiger partial charge in [-0.25, -0.2) is 13.2 Å². The molecule has 1 amide bonds. The first kappa shape index (κ1) is 19.9. The van der Waals surface area contributed by atoms with Crippen LogP contribution in [0.5, 0.6) is 0 Å².